The van der Waals surface area contributed by atoms with E-state index < -0.39 is 0 Å². The van der Waals surface area contributed by atoms with Gasteiger partial charge in [0, 0.05) is 10.2 Å². The Morgan fingerprint density at radius 3 is 2.35 bits per heavy atom. The molecule has 1 aromatic carbocycles. The molecule has 0 bridgehead atoms. The number of anilines is 2. The van der Waals surface area contributed by atoms with Crippen LogP contribution in [0, 0.1) is 17.8 Å². The second kappa shape index (κ2) is 4.88. The number of halogens is 1. The Balaban J connectivity index is 1.91. The lowest BCUT2D eigenvalue weighted by Gasteiger charge is -2.18. The molecular formula is C15H17BrN2O2. The molecule has 1 aliphatic heterocycles. The van der Waals surface area contributed by atoms with Gasteiger partial charge in [-0.1, -0.05) is 13.3 Å². The van der Waals surface area contributed by atoms with E-state index in [9.17, 15) is 9.59 Å². The van der Waals surface area contributed by atoms with Gasteiger partial charge in [0.05, 0.1) is 17.5 Å². The molecule has 2 aliphatic rings. The van der Waals surface area contributed by atoms with Gasteiger partial charge in [0.1, 0.15) is 0 Å². The molecule has 1 heterocycles. The van der Waals surface area contributed by atoms with Crippen LogP contribution in [0.1, 0.15) is 26.2 Å². The number of amides is 2. The number of imide groups is 1. The summed E-state index contributed by atoms with van der Waals surface area (Å²) < 4.78 is 0.707. The fraction of sp³-hybridized carbons (Fsp3) is 0.467. The second-order valence-electron chi connectivity index (χ2n) is 5.68. The third-order valence-corrected chi connectivity index (χ3v) is 5.24. The summed E-state index contributed by atoms with van der Waals surface area (Å²) in [4.78, 5) is 26.4. The molecule has 1 aliphatic carbocycles. The Morgan fingerprint density at radius 1 is 1.25 bits per heavy atom. The fourth-order valence-corrected chi connectivity index (χ4v) is 3.74. The van der Waals surface area contributed by atoms with Crippen molar-refractivity contribution in [1.82, 2.24) is 0 Å². The summed E-state index contributed by atoms with van der Waals surface area (Å²) in [5, 5.41) is 0. The van der Waals surface area contributed by atoms with Crippen LogP contribution in [0.5, 0.6) is 0 Å². The highest BCUT2D eigenvalue weighted by Gasteiger charge is 2.52. The minimum atomic E-state index is -0.122. The average Bonchev–Trinajstić information content (AvgIpc) is 2.94. The van der Waals surface area contributed by atoms with E-state index in [4.69, 9.17) is 5.73 Å². The van der Waals surface area contributed by atoms with Gasteiger partial charge in [-0.15, -0.1) is 0 Å². The number of hydrogen-bond donors (Lipinski definition) is 1. The quantitative estimate of drug-likeness (QED) is 0.667. The topological polar surface area (TPSA) is 63.4 Å². The molecule has 2 unspecified atom stereocenters. The highest BCUT2D eigenvalue weighted by atomic mass is 79.9. The highest BCUT2D eigenvalue weighted by molar-refractivity contribution is 9.10. The maximum atomic E-state index is 12.5. The molecule has 4 nitrogen and oxygen atoms in total. The van der Waals surface area contributed by atoms with Gasteiger partial charge in [-0.05, 0) is 52.9 Å². The first-order valence-electron chi connectivity index (χ1n) is 6.95. The molecule has 1 aromatic rings. The van der Waals surface area contributed by atoms with Crippen LogP contribution in [0.4, 0.5) is 11.4 Å². The zero-order valence-electron chi connectivity index (χ0n) is 11.3. The number of carbonyl (C=O) groups excluding carboxylic acids is 2. The van der Waals surface area contributed by atoms with Crippen LogP contribution in [0.15, 0.2) is 22.7 Å². The van der Waals surface area contributed by atoms with Gasteiger partial charge in [-0.2, -0.15) is 0 Å². The number of rotatable bonds is 2. The molecule has 2 N–H and O–H groups in total. The fourth-order valence-electron chi connectivity index (χ4n) is 3.37. The van der Waals surface area contributed by atoms with E-state index in [-0.39, 0.29) is 23.7 Å². The first-order chi connectivity index (χ1) is 9.52. The Kier molecular flexibility index (Phi) is 3.32. The van der Waals surface area contributed by atoms with E-state index >= 15 is 0 Å². The van der Waals surface area contributed by atoms with Gasteiger partial charge < -0.3 is 5.73 Å². The first kappa shape index (κ1) is 13.6. The average molecular weight is 337 g/mol. The third kappa shape index (κ3) is 1.95. The van der Waals surface area contributed by atoms with E-state index in [0.717, 1.165) is 19.3 Å². The van der Waals surface area contributed by atoms with E-state index in [1.165, 1.54) is 4.90 Å². The van der Waals surface area contributed by atoms with Crippen LogP contribution in [0.2, 0.25) is 0 Å². The molecule has 2 fully saturated rings. The Labute approximate surface area is 126 Å². The van der Waals surface area contributed by atoms with Crippen LogP contribution in [-0.4, -0.2) is 11.8 Å². The Morgan fingerprint density at radius 2 is 1.85 bits per heavy atom. The summed E-state index contributed by atoms with van der Waals surface area (Å²) in [5.41, 5.74) is 6.96. The van der Waals surface area contributed by atoms with E-state index in [1.807, 2.05) is 0 Å². The number of carbonyl (C=O) groups is 2. The van der Waals surface area contributed by atoms with Gasteiger partial charge >= 0.3 is 0 Å². The van der Waals surface area contributed by atoms with E-state index in [2.05, 4.69) is 22.9 Å². The lowest BCUT2D eigenvalue weighted by Crippen LogP contribution is -2.32. The van der Waals surface area contributed by atoms with Crippen LogP contribution < -0.4 is 10.6 Å². The zero-order chi connectivity index (χ0) is 14.4. The molecule has 106 valence electrons. The SMILES string of the molecule is CCC1CC2C(=O)N(c3ccc(N)c(Br)c3)C(=O)C2C1. The number of hydrogen-bond acceptors (Lipinski definition) is 3. The number of nitrogens with two attached hydrogens (primary N) is 1. The van der Waals surface area contributed by atoms with Gasteiger partial charge in [0.15, 0.2) is 0 Å². The maximum Gasteiger partial charge on any atom is 0.237 e. The van der Waals surface area contributed by atoms with Gasteiger partial charge in [-0.3, -0.25) is 14.5 Å². The smallest absolute Gasteiger partial charge is 0.237 e. The van der Waals surface area contributed by atoms with Crippen molar-refractivity contribution < 1.29 is 9.59 Å². The molecule has 20 heavy (non-hydrogen) atoms. The predicted octanol–water partition coefficient (Wildman–Crippen LogP) is 2.96. The van der Waals surface area contributed by atoms with Crippen molar-refractivity contribution in [2.24, 2.45) is 17.8 Å². The summed E-state index contributed by atoms with van der Waals surface area (Å²) in [6.45, 7) is 2.12. The Hall–Kier alpha value is -1.36. The number of nitrogens with zero attached hydrogens (tertiary/aromatic N) is 1. The van der Waals surface area contributed by atoms with Gasteiger partial charge in [0.2, 0.25) is 11.8 Å². The van der Waals surface area contributed by atoms with Crippen LogP contribution in [0.25, 0.3) is 0 Å². The van der Waals surface area contributed by atoms with Crippen molar-refractivity contribution in [1.29, 1.82) is 0 Å². The highest BCUT2D eigenvalue weighted by Crippen LogP contribution is 2.45. The predicted molar refractivity (Wildman–Crippen MR) is 81.0 cm³/mol. The summed E-state index contributed by atoms with van der Waals surface area (Å²) in [5.74, 6) is 0.172. The Bertz CT molecular complexity index is 563. The monoisotopic (exact) mass is 336 g/mol. The maximum absolute atomic E-state index is 12.5. The van der Waals surface area contributed by atoms with Gasteiger partial charge in [-0.25, -0.2) is 0 Å². The van der Waals surface area contributed by atoms with Crippen molar-refractivity contribution in [3.8, 4) is 0 Å². The molecule has 0 radical (unpaired) electrons. The van der Waals surface area contributed by atoms with Crippen molar-refractivity contribution in [2.75, 3.05) is 10.6 Å². The summed E-state index contributed by atoms with van der Waals surface area (Å²) in [6.07, 6.45) is 2.73. The van der Waals surface area contributed by atoms with Crippen molar-refractivity contribution in [3.63, 3.8) is 0 Å². The van der Waals surface area contributed by atoms with Crippen LogP contribution in [0.3, 0.4) is 0 Å². The van der Waals surface area contributed by atoms with Crippen molar-refractivity contribution in [2.45, 2.75) is 26.2 Å². The van der Waals surface area contributed by atoms with Crippen molar-refractivity contribution >= 4 is 39.1 Å². The molecule has 2 atom stereocenters. The van der Waals surface area contributed by atoms with E-state index in [0.29, 0.717) is 21.8 Å². The molecule has 3 rings (SSSR count). The first-order valence-corrected chi connectivity index (χ1v) is 7.75. The molecule has 2 amide bonds. The number of fused-ring (bicyclic) bond motifs is 1. The van der Waals surface area contributed by atoms with Crippen LogP contribution >= 0.6 is 15.9 Å². The number of nitrogen functional groups attached to an aromatic ring is 1. The zero-order valence-corrected chi connectivity index (χ0v) is 12.9. The minimum Gasteiger partial charge on any atom is -0.398 e. The van der Waals surface area contributed by atoms with E-state index in [1.54, 1.807) is 18.2 Å². The lowest BCUT2D eigenvalue weighted by atomic mass is 10.00. The second-order valence-corrected chi connectivity index (χ2v) is 6.53. The normalized spacial score (nSPS) is 29.1. The molecule has 0 aromatic heterocycles. The summed E-state index contributed by atoms with van der Waals surface area (Å²) >= 11 is 3.34. The minimum absolute atomic E-state index is 0.0485. The number of benzene rings is 1. The largest absolute Gasteiger partial charge is 0.398 e. The third-order valence-electron chi connectivity index (χ3n) is 4.55. The molecule has 1 saturated heterocycles. The molecule has 5 heteroatoms. The molecule has 1 saturated carbocycles. The lowest BCUT2D eigenvalue weighted by molar-refractivity contribution is -0.123. The summed E-state index contributed by atoms with van der Waals surface area (Å²) in [6, 6.07) is 5.18. The molecular weight excluding hydrogens is 320 g/mol. The van der Waals surface area contributed by atoms with Gasteiger partial charge in [0.25, 0.3) is 0 Å². The standard InChI is InChI=1S/C15H17BrN2O2/c1-2-8-5-10-11(6-8)15(20)18(14(10)19)9-3-4-13(17)12(16)7-9/h3-4,7-8,10-11H,2,5-6,17H2,1H3. The van der Waals surface area contributed by atoms with Crippen LogP contribution in [-0.2, 0) is 9.59 Å². The summed E-state index contributed by atoms with van der Waals surface area (Å²) in [7, 11) is 0. The molecule has 0 spiro atoms. The van der Waals surface area contributed by atoms with Crippen molar-refractivity contribution in [3.05, 3.63) is 22.7 Å².